The topological polar surface area (TPSA) is 130 Å². The zero-order valence-electron chi connectivity index (χ0n) is 22.6. The van der Waals surface area contributed by atoms with Gasteiger partial charge >= 0.3 is 0 Å². The lowest BCUT2D eigenvalue weighted by Crippen LogP contribution is -2.28. The summed E-state index contributed by atoms with van der Waals surface area (Å²) in [6.07, 6.45) is 3.13. The smallest absolute Gasteiger partial charge is 0.281 e. The van der Waals surface area contributed by atoms with Gasteiger partial charge in [-0.05, 0) is 49.7 Å². The van der Waals surface area contributed by atoms with Crippen LogP contribution in [0.4, 0.5) is 10.2 Å². The van der Waals surface area contributed by atoms with Gasteiger partial charge in [-0.3, -0.25) is 19.3 Å². The molecule has 0 spiro atoms. The van der Waals surface area contributed by atoms with Gasteiger partial charge in [0, 0.05) is 41.5 Å². The van der Waals surface area contributed by atoms with Crippen LogP contribution in [0.3, 0.4) is 0 Å². The molecule has 1 N–H and O–H groups in total. The zero-order valence-corrected chi connectivity index (χ0v) is 22.6. The van der Waals surface area contributed by atoms with Crippen molar-refractivity contribution < 1.29 is 23.4 Å². The predicted molar refractivity (Wildman–Crippen MR) is 149 cm³/mol. The maximum atomic E-state index is 13.4. The van der Waals surface area contributed by atoms with Crippen molar-refractivity contribution in [3.8, 4) is 34.3 Å². The number of benzene rings is 2. The number of rotatable bonds is 8. The van der Waals surface area contributed by atoms with Gasteiger partial charge in [-0.25, -0.2) is 4.39 Å². The first-order valence-electron chi connectivity index (χ1n) is 12.5. The molecule has 12 heteroatoms. The molecule has 11 nitrogen and oxygen atoms in total. The lowest BCUT2D eigenvalue weighted by atomic mass is 10.1. The number of ether oxygens (including phenoxy) is 3. The minimum absolute atomic E-state index is 0.0813. The average molecular weight is 557 g/mol. The predicted octanol–water partition coefficient (Wildman–Crippen LogP) is 5.03. The molecule has 208 valence electrons. The van der Waals surface area contributed by atoms with Gasteiger partial charge in [-0.15, -0.1) is 10.2 Å². The van der Waals surface area contributed by atoms with Crippen molar-refractivity contribution in [2.45, 2.75) is 19.9 Å². The van der Waals surface area contributed by atoms with Crippen LogP contribution in [0.5, 0.6) is 23.1 Å². The summed E-state index contributed by atoms with van der Waals surface area (Å²) < 4.78 is 31.6. The van der Waals surface area contributed by atoms with Gasteiger partial charge in [0.2, 0.25) is 11.3 Å². The molecule has 0 aliphatic rings. The van der Waals surface area contributed by atoms with Crippen molar-refractivity contribution in [3.63, 3.8) is 0 Å². The number of halogens is 1. The Morgan fingerprint density at radius 3 is 2.34 bits per heavy atom. The van der Waals surface area contributed by atoms with Crippen LogP contribution in [0.25, 0.3) is 22.0 Å². The SMILES string of the molecule is COc1cc2nccc(Oc3ccc(NC(=O)c4nn(C(C)C)cc(-c5ccc(F)cc5)c4=O)nn3)c2cc1OC. The van der Waals surface area contributed by atoms with Gasteiger partial charge in [-0.1, -0.05) is 12.1 Å². The van der Waals surface area contributed by atoms with Crippen molar-refractivity contribution in [2.24, 2.45) is 0 Å². The fourth-order valence-corrected chi connectivity index (χ4v) is 4.02. The molecule has 0 saturated heterocycles. The number of nitrogens with one attached hydrogen (secondary N) is 1. The highest BCUT2D eigenvalue weighted by atomic mass is 19.1. The Morgan fingerprint density at radius 2 is 1.68 bits per heavy atom. The Bertz CT molecular complexity index is 1790. The Hall–Kier alpha value is -5.39. The van der Waals surface area contributed by atoms with E-state index in [-0.39, 0.29) is 29.0 Å². The summed E-state index contributed by atoms with van der Waals surface area (Å²) in [6.45, 7) is 3.72. The van der Waals surface area contributed by atoms with E-state index in [1.807, 2.05) is 13.8 Å². The van der Waals surface area contributed by atoms with Gasteiger partial charge in [0.1, 0.15) is 11.6 Å². The van der Waals surface area contributed by atoms with E-state index in [9.17, 15) is 14.0 Å². The summed E-state index contributed by atoms with van der Waals surface area (Å²) in [5, 5.41) is 15.5. The third-order valence-corrected chi connectivity index (χ3v) is 6.14. The van der Waals surface area contributed by atoms with Gasteiger partial charge in [0.25, 0.3) is 5.91 Å². The Kier molecular flexibility index (Phi) is 7.55. The minimum atomic E-state index is -0.766. The number of methoxy groups -OCH3 is 2. The highest BCUT2D eigenvalue weighted by Crippen LogP contribution is 2.36. The van der Waals surface area contributed by atoms with E-state index in [4.69, 9.17) is 14.2 Å². The Labute approximate surface area is 233 Å². The first-order chi connectivity index (χ1) is 19.8. The first kappa shape index (κ1) is 27.2. The summed E-state index contributed by atoms with van der Waals surface area (Å²) >= 11 is 0. The molecule has 1 amide bonds. The molecule has 41 heavy (non-hydrogen) atoms. The standard InChI is InChI=1S/C29H25FN6O5/c1-16(2)36-15-20(17-5-7-18(30)8-6-17)28(37)27(35-36)29(38)32-25-9-10-26(34-33-25)41-22-11-12-31-21-14-24(40-4)23(39-3)13-19(21)22/h5-16H,1-4H3,(H,32,33,38). The van der Waals surface area contributed by atoms with E-state index in [0.29, 0.717) is 33.7 Å². The number of aromatic nitrogens is 5. The van der Waals surface area contributed by atoms with Crippen LogP contribution in [0, 0.1) is 5.82 Å². The molecule has 0 aliphatic carbocycles. The van der Waals surface area contributed by atoms with Crippen molar-refractivity contribution in [2.75, 3.05) is 19.5 Å². The lowest BCUT2D eigenvalue weighted by Gasteiger charge is -2.14. The molecule has 3 aromatic heterocycles. The summed E-state index contributed by atoms with van der Waals surface area (Å²) in [6, 6.07) is 13.4. The van der Waals surface area contributed by atoms with Crippen LogP contribution >= 0.6 is 0 Å². The fraction of sp³-hybridized carbons (Fsp3) is 0.172. The molecule has 5 aromatic rings. The summed E-state index contributed by atoms with van der Waals surface area (Å²) in [4.78, 5) is 30.7. The molecule has 0 saturated carbocycles. The van der Waals surface area contributed by atoms with E-state index >= 15 is 0 Å². The number of anilines is 1. The van der Waals surface area contributed by atoms with E-state index in [1.54, 1.807) is 24.4 Å². The van der Waals surface area contributed by atoms with E-state index in [1.165, 1.54) is 61.5 Å². The number of fused-ring (bicyclic) bond motifs is 1. The van der Waals surface area contributed by atoms with Crippen molar-refractivity contribution >= 4 is 22.6 Å². The second kappa shape index (κ2) is 11.4. The maximum Gasteiger partial charge on any atom is 0.281 e. The monoisotopic (exact) mass is 556 g/mol. The molecule has 3 heterocycles. The molecule has 0 radical (unpaired) electrons. The van der Waals surface area contributed by atoms with Gasteiger partial charge in [0.15, 0.2) is 23.0 Å². The van der Waals surface area contributed by atoms with Crippen LogP contribution in [0.15, 0.2) is 71.8 Å². The fourth-order valence-electron chi connectivity index (χ4n) is 4.02. The quantitative estimate of drug-likeness (QED) is 0.280. The van der Waals surface area contributed by atoms with Gasteiger partial charge in [-0.2, -0.15) is 5.10 Å². The van der Waals surface area contributed by atoms with Crippen LogP contribution < -0.4 is 25.0 Å². The number of hydrogen-bond donors (Lipinski definition) is 1. The van der Waals surface area contributed by atoms with Crippen LogP contribution in [0.1, 0.15) is 30.4 Å². The van der Waals surface area contributed by atoms with E-state index in [0.717, 1.165) is 0 Å². The minimum Gasteiger partial charge on any atom is -0.493 e. The van der Waals surface area contributed by atoms with Gasteiger partial charge < -0.3 is 19.5 Å². The second-order valence-corrected chi connectivity index (χ2v) is 9.15. The van der Waals surface area contributed by atoms with Crippen LogP contribution in [-0.2, 0) is 0 Å². The Morgan fingerprint density at radius 1 is 0.951 bits per heavy atom. The zero-order chi connectivity index (χ0) is 29.1. The molecule has 5 rings (SSSR count). The van der Waals surface area contributed by atoms with Crippen molar-refractivity contribution in [3.05, 3.63) is 88.7 Å². The third-order valence-electron chi connectivity index (χ3n) is 6.14. The third kappa shape index (κ3) is 5.66. The van der Waals surface area contributed by atoms with Crippen LogP contribution in [-0.4, -0.2) is 45.1 Å². The van der Waals surface area contributed by atoms with E-state index in [2.05, 4.69) is 25.6 Å². The number of hydrogen-bond acceptors (Lipinski definition) is 9. The molecule has 0 aliphatic heterocycles. The molecule has 0 bridgehead atoms. The number of pyridine rings is 1. The average Bonchev–Trinajstić information content (AvgIpc) is 2.98. The highest BCUT2D eigenvalue weighted by Gasteiger charge is 2.20. The summed E-state index contributed by atoms with van der Waals surface area (Å²) in [5.74, 6) is 0.531. The number of carbonyl (C=O) groups is 1. The largest absolute Gasteiger partial charge is 0.493 e. The first-order valence-corrected chi connectivity index (χ1v) is 12.5. The van der Waals surface area contributed by atoms with Gasteiger partial charge in [0.05, 0.1) is 19.7 Å². The molecule has 0 atom stereocenters. The molecule has 2 aromatic carbocycles. The number of nitrogens with zero attached hydrogens (tertiary/aromatic N) is 5. The summed E-state index contributed by atoms with van der Waals surface area (Å²) in [7, 11) is 3.07. The molecular formula is C29H25FN6O5. The molecule has 0 fully saturated rings. The second-order valence-electron chi connectivity index (χ2n) is 9.15. The maximum absolute atomic E-state index is 13.4. The number of amides is 1. The molecular weight excluding hydrogens is 531 g/mol. The van der Waals surface area contributed by atoms with E-state index < -0.39 is 17.2 Å². The Balaban J connectivity index is 1.39. The van der Waals surface area contributed by atoms with Crippen LogP contribution in [0.2, 0.25) is 0 Å². The summed E-state index contributed by atoms with van der Waals surface area (Å²) in [5.41, 5.74) is 0.362. The van der Waals surface area contributed by atoms with Crippen molar-refractivity contribution in [1.29, 1.82) is 0 Å². The molecule has 0 unspecified atom stereocenters. The lowest BCUT2D eigenvalue weighted by molar-refractivity contribution is 0.101. The normalized spacial score (nSPS) is 11.0. The van der Waals surface area contributed by atoms with Crippen molar-refractivity contribution in [1.82, 2.24) is 25.0 Å². The highest BCUT2D eigenvalue weighted by molar-refractivity contribution is 6.02. The number of carbonyl (C=O) groups excluding carboxylic acids is 1.